The number of alkyl halides is 3. The van der Waals surface area contributed by atoms with Crippen LogP contribution in [0.4, 0.5) is 19.0 Å². The minimum Gasteiger partial charge on any atom is -0.383 e. The summed E-state index contributed by atoms with van der Waals surface area (Å²) in [5.74, 6) is -0.607. The van der Waals surface area contributed by atoms with E-state index in [9.17, 15) is 23.2 Å². The second-order valence-corrected chi connectivity index (χ2v) is 6.99. The van der Waals surface area contributed by atoms with Gasteiger partial charge < -0.3 is 10.3 Å². The van der Waals surface area contributed by atoms with E-state index >= 15 is 0 Å². The molecule has 0 aliphatic carbocycles. The minimum absolute atomic E-state index is 0.200. The number of imidazole rings is 1. The zero-order chi connectivity index (χ0) is 23.0. The molecular weight excluding hydrogens is 421 g/mol. The van der Waals surface area contributed by atoms with Crippen molar-refractivity contribution >= 4 is 5.82 Å². The first-order chi connectivity index (χ1) is 15.2. The lowest BCUT2D eigenvalue weighted by molar-refractivity contribution is -0.137. The van der Waals surface area contributed by atoms with Crippen molar-refractivity contribution in [1.82, 2.24) is 19.1 Å². The van der Waals surface area contributed by atoms with E-state index in [0.717, 1.165) is 6.07 Å². The maximum Gasteiger partial charge on any atom is 0.419 e. The molecule has 160 valence electrons. The highest BCUT2D eigenvalue weighted by molar-refractivity contribution is 5.71. The van der Waals surface area contributed by atoms with Gasteiger partial charge in [0.1, 0.15) is 5.82 Å². The van der Waals surface area contributed by atoms with E-state index in [1.165, 1.54) is 21.5 Å². The molecule has 0 saturated heterocycles. The molecule has 0 unspecified atom stereocenters. The number of anilines is 1. The molecule has 0 saturated carbocycles. The molecule has 2 N–H and O–H groups in total. The van der Waals surface area contributed by atoms with Crippen LogP contribution in [0, 0.1) is 11.3 Å². The van der Waals surface area contributed by atoms with Gasteiger partial charge in [-0.25, -0.2) is 9.78 Å². The van der Waals surface area contributed by atoms with Gasteiger partial charge in [0.15, 0.2) is 0 Å². The number of rotatable bonds is 3. The number of aryl methyl sites for hydroxylation is 1. The number of pyridine rings is 2. The summed E-state index contributed by atoms with van der Waals surface area (Å²) in [5, 5.41) is 9.18. The normalized spacial score (nSPS) is 11.3. The van der Waals surface area contributed by atoms with E-state index in [1.807, 2.05) is 6.07 Å². The Balaban J connectivity index is 1.87. The molecule has 0 radical (unpaired) electrons. The molecule has 4 aromatic rings. The molecule has 1 aromatic carbocycles. The second-order valence-electron chi connectivity index (χ2n) is 6.99. The zero-order valence-corrected chi connectivity index (χ0v) is 16.6. The number of hydrogen-bond acceptors (Lipinski definition) is 5. The van der Waals surface area contributed by atoms with Crippen LogP contribution in [0.15, 0.2) is 65.8 Å². The second kappa shape index (κ2) is 7.70. The molecular formula is C22H15F3N6O. The molecule has 0 fully saturated rings. The number of nitrogens with two attached hydrogens (primary N) is 1. The Morgan fingerprint density at radius 1 is 1.09 bits per heavy atom. The number of aromatic nitrogens is 4. The largest absolute Gasteiger partial charge is 0.419 e. The van der Waals surface area contributed by atoms with E-state index in [0.29, 0.717) is 28.2 Å². The quantitative estimate of drug-likeness (QED) is 0.527. The van der Waals surface area contributed by atoms with Crippen molar-refractivity contribution in [2.75, 3.05) is 5.73 Å². The Bertz CT molecular complexity index is 1430. The maximum absolute atomic E-state index is 13.2. The first-order valence-electron chi connectivity index (χ1n) is 9.27. The van der Waals surface area contributed by atoms with Crippen LogP contribution in [0.25, 0.3) is 28.2 Å². The number of nitrogens with zero attached hydrogens (tertiary/aromatic N) is 5. The van der Waals surface area contributed by atoms with E-state index in [-0.39, 0.29) is 11.3 Å². The summed E-state index contributed by atoms with van der Waals surface area (Å²) in [6.07, 6.45) is -0.398. The SMILES string of the molecule is Cn1cc(-c2cc(-c3cnc(N)c(C(F)(F)F)c3)ccn2)n(-c2cccc(C#N)c2)c1=O. The minimum atomic E-state index is -4.64. The van der Waals surface area contributed by atoms with Gasteiger partial charge in [-0.05, 0) is 42.0 Å². The highest BCUT2D eigenvalue weighted by atomic mass is 19.4. The van der Waals surface area contributed by atoms with Crippen molar-refractivity contribution in [3.63, 3.8) is 0 Å². The summed E-state index contributed by atoms with van der Waals surface area (Å²) in [7, 11) is 1.57. The lowest BCUT2D eigenvalue weighted by atomic mass is 10.0. The van der Waals surface area contributed by atoms with Crippen molar-refractivity contribution in [2.45, 2.75) is 6.18 Å². The Morgan fingerprint density at radius 2 is 1.88 bits per heavy atom. The summed E-state index contributed by atoms with van der Waals surface area (Å²) in [5.41, 5.74) is 6.22. The third kappa shape index (κ3) is 3.72. The van der Waals surface area contributed by atoms with Crippen molar-refractivity contribution in [3.8, 4) is 34.3 Å². The Labute approximate surface area is 179 Å². The molecule has 3 aromatic heterocycles. The lowest BCUT2D eigenvalue weighted by Crippen LogP contribution is -2.21. The monoisotopic (exact) mass is 436 g/mol. The fourth-order valence-electron chi connectivity index (χ4n) is 3.31. The van der Waals surface area contributed by atoms with Crippen LogP contribution in [-0.2, 0) is 13.2 Å². The molecule has 3 heterocycles. The fourth-order valence-corrected chi connectivity index (χ4v) is 3.31. The van der Waals surface area contributed by atoms with E-state index in [1.54, 1.807) is 49.6 Å². The van der Waals surface area contributed by atoms with Gasteiger partial charge in [0.25, 0.3) is 0 Å². The van der Waals surface area contributed by atoms with E-state index in [2.05, 4.69) is 9.97 Å². The number of nitriles is 1. The van der Waals surface area contributed by atoms with Crippen molar-refractivity contribution < 1.29 is 13.2 Å². The number of halogens is 3. The van der Waals surface area contributed by atoms with Gasteiger partial charge in [0.2, 0.25) is 0 Å². The molecule has 4 rings (SSSR count). The summed E-state index contributed by atoms with van der Waals surface area (Å²) >= 11 is 0. The van der Waals surface area contributed by atoms with E-state index < -0.39 is 17.6 Å². The molecule has 0 aliphatic heterocycles. The van der Waals surface area contributed by atoms with Gasteiger partial charge in [-0.2, -0.15) is 18.4 Å². The zero-order valence-electron chi connectivity index (χ0n) is 16.6. The average molecular weight is 436 g/mol. The predicted octanol–water partition coefficient (Wildman–Crippen LogP) is 3.77. The van der Waals surface area contributed by atoms with Crippen LogP contribution in [0.2, 0.25) is 0 Å². The summed E-state index contributed by atoms with van der Waals surface area (Å²) in [4.78, 5) is 20.8. The third-order valence-electron chi connectivity index (χ3n) is 4.86. The van der Waals surface area contributed by atoms with Gasteiger partial charge in [-0.1, -0.05) is 6.07 Å². The highest BCUT2D eigenvalue weighted by Crippen LogP contribution is 2.35. The van der Waals surface area contributed by atoms with Crippen molar-refractivity contribution in [1.29, 1.82) is 5.26 Å². The third-order valence-corrected chi connectivity index (χ3v) is 4.86. The standard InChI is InChI=1S/C22H15F3N6O/c1-30-12-19(31(21(30)32)16-4-2-3-13(7-16)10-26)18-9-14(5-6-28-18)15-8-17(22(23,24)25)20(27)29-11-15/h2-9,11-12H,1H3,(H2,27,29). The van der Waals surface area contributed by atoms with Crippen LogP contribution in [-0.4, -0.2) is 19.1 Å². The summed E-state index contributed by atoms with van der Waals surface area (Å²) in [6, 6.07) is 12.6. The molecule has 32 heavy (non-hydrogen) atoms. The van der Waals surface area contributed by atoms with Gasteiger partial charge in [-0.3, -0.25) is 9.55 Å². The molecule has 0 atom stereocenters. The van der Waals surface area contributed by atoms with Crippen molar-refractivity contribution in [3.05, 3.63) is 82.7 Å². The lowest BCUT2D eigenvalue weighted by Gasteiger charge is -2.12. The van der Waals surface area contributed by atoms with Crippen LogP contribution in [0.3, 0.4) is 0 Å². The first-order valence-corrected chi connectivity index (χ1v) is 9.27. The molecule has 0 bridgehead atoms. The molecule has 0 amide bonds. The Hall–Kier alpha value is -4.39. The smallest absolute Gasteiger partial charge is 0.383 e. The fraction of sp³-hybridized carbons (Fsp3) is 0.0909. The predicted molar refractivity (Wildman–Crippen MR) is 112 cm³/mol. The van der Waals surface area contributed by atoms with Gasteiger partial charge >= 0.3 is 11.9 Å². The summed E-state index contributed by atoms with van der Waals surface area (Å²) < 4.78 is 42.5. The Morgan fingerprint density at radius 3 is 2.59 bits per heavy atom. The molecule has 7 nitrogen and oxygen atoms in total. The molecule has 0 aliphatic rings. The van der Waals surface area contributed by atoms with Crippen LogP contribution in [0.1, 0.15) is 11.1 Å². The van der Waals surface area contributed by atoms with Crippen LogP contribution in [0.5, 0.6) is 0 Å². The first kappa shape index (κ1) is 20.9. The van der Waals surface area contributed by atoms with E-state index in [4.69, 9.17) is 5.73 Å². The molecule has 0 spiro atoms. The number of benzene rings is 1. The van der Waals surface area contributed by atoms with Crippen LogP contribution < -0.4 is 11.4 Å². The topological polar surface area (TPSA) is 103 Å². The average Bonchev–Trinajstić information content (AvgIpc) is 3.08. The van der Waals surface area contributed by atoms with Crippen LogP contribution >= 0.6 is 0 Å². The summed E-state index contributed by atoms with van der Waals surface area (Å²) in [6.45, 7) is 0. The van der Waals surface area contributed by atoms with Gasteiger partial charge in [-0.15, -0.1) is 0 Å². The Kier molecular flexibility index (Phi) is 5.02. The highest BCUT2D eigenvalue weighted by Gasteiger charge is 2.34. The van der Waals surface area contributed by atoms with Crippen molar-refractivity contribution in [2.24, 2.45) is 7.05 Å². The molecule has 10 heteroatoms. The number of hydrogen-bond donors (Lipinski definition) is 1. The van der Waals surface area contributed by atoms with Gasteiger partial charge in [0.05, 0.1) is 34.3 Å². The van der Waals surface area contributed by atoms with Gasteiger partial charge in [0, 0.05) is 31.2 Å². The maximum atomic E-state index is 13.2. The number of nitrogen functional groups attached to an aromatic ring is 1.